The second-order valence-electron chi connectivity index (χ2n) is 3.26. The van der Waals surface area contributed by atoms with E-state index in [4.69, 9.17) is 5.73 Å². The highest BCUT2D eigenvalue weighted by Crippen LogP contribution is 2.19. The minimum absolute atomic E-state index is 0.0706. The maximum absolute atomic E-state index is 13.3. The van der Waals surface area contributed by atoms with Crippen LogP contribution in [-0.2, 0) is 10.0 Å². The highest BCUT2D eigenvalue weighted by atomic mass is 32.2. The van der Waals surface area contributed by atoms with Crippen LogP contribution in [0.25, 0.3) is 0 Å². The van der Waals surface area contributed by atoms with Gasteiger partial charge in [-0.1, -0.05) is 24.4 Å². The third-order valence-corrected chi connectivity index (χ3v) is 3.35. The van der Waals surface area contributed by atoms with Crippen molar-refractivity contribution in [1.82, 2.24) is 0 Å². The lowest BCUT2D eigenvalue weighted by Crippen LogP contribution is -2.27. The molecule has 16 heavy (non-hydrogen) atoms. The van der Waals surface area contributed by atoms with Crippen molar-refractivity contribution in [3.8, 4) is 0 Å². The van der Waals surface area contributed by atoms with Crippen LogP contribution in [-0.4, -0.2) is 19.2 Å². The van der Waals surface area contributed by atoms with E-state index >= 15 is 0 Å². The summed E-state index contributed by atoms with van der Waals surface area (Å²) in [4.78, 5) is -0.165. The van der Waals surface area contributed by atoms with Crippen LogP contribution in [0.2, 0.25) is 0 Å². The number of nitrogens with two attached hydrogens (primary N) is 1. The van der Waals surface area contributed by atoms with Gasteiger partial charge >= 0.3 is 0 Å². The van der Waals surface area contributed by atoms with Gasteiger partial charge in [-0.15, -0.1) is 0 Å². The zero-order valence-electron chi connectivity index (χ0n) is 8.53. The van der Waals surface area contributed by atoms with E-state index in [1.165, 1.54) is 12.1 Å². The minimum atomic E-state index is -3.74. The molecular formula is C9H11FN2O2S2. The van der Waals surface area contributed by atoms with Crippen molar-refractivity contribution in [2.24, 2.45) is 5.73 Å². The van der Waals surface area contributed by atoms with Crippen molar-refractivity contribution >= 4 is 32.9 Å². The fourth-order valence-corrected chi connectivity index (χ4v) is 2.62. The Labute approximate surface area is 98.7 Å². The van der Waals surface area contributed by atoms with Gasteiger partial charge in [-0.25, -0.2) is 12.8 Å². The van der Waals surface area contributed by atoms with Crippen LogP contribution in [0, 0.1) is 12.7 Å². The van der Waals surface area contributed by atoms with Gasteiger partial charge < -0.3 is 5.73 Å². The number of thiocarbonyl (C=S) groups is 1. The summed E-state index contributed by atoms with van der Waals surface area (Å²) < 4.78 is 38.4. The smallest absolute Gasteiger partial charge is 0.239 e. The molecule has 0 atom stereocenters. The number of halogens is 1. The Kier molecular flexibility index (Phi) is 3.82. The van der Waals surface area contributed by atoms with Crippen molar-refractivity contribution in [1.29, 1.82) is 0 Å². The maximum Gasteiger partial charge on any atom is 0.239 e. The molecule has 7 heteroatoms. The molecule has 0 amide bonds. The number of anilines is 1. The van der Waals surface area contributed by atoms with Gasteiger partial charge in [0, 0.05) is 0 Å². The standard InChI is InChI=1S/C9H11FN2O2S2/c1-6-3-2-4-7(10)9(6)12-16(13,14)5-8(11)15/h2-4,12H,5H2,1H3,(H2,11,15). The molecule has 0 spiro atoms. The molecule has 0 saturated carbocycles. The van der Waals surface area contributed by atoms with E-state index in [2.05, 4.69) is 16.9 Å². The zero-order valence-corrected chi connectivity index (χ0v) is 10.2. The largest absolute Gasteiger partial charge is 0.392 e. The lowest BCUT2D eigenvalue weighted by atomic mass is 10.2. The number of sulfonamides is 1. The SMILES string of the molecule is Cc1cccc(F)c1NS(=O)(=O)CC(N)=S. The molecule has 0 heterocycles. The number of hydrogen-bond donors (Lipinski definition) is 2. The Morgan fingerprint density at radius 3 is 2.69 bits per heavy atom. The number of aryl methyl sites for hydroxylation is 1. The summed E-state index contributed by atoms with van der Waals surface area (Å²) in [7, 11) is -3.74. The summed E-state index contributed by atoms with van der Waals surface area (Å²) in [5, 5.41) is 0. The molecule has 0 aliphatic heterocycles. The lowest BCUT2D eigenvalue weighted by Gasteiger charge is -2.10. The van der Waals surface area contributed by atoms with E-state index < -0.39 is 21.6 Å². The third kappa shape index (κ3) is 3.42. The number of hydrogen-bond acceptors (Lipinski definition) is 3. The average Bonchev–Trinajstić information content (AvgIpc) is 2.09. The molecule has 1 rings (SSSR count). The van der Waals surface area contributed by atoms with Crippen LogP contribution in [0.3, 0.4) is 0 Å². The fraction of sp³-hybridized carbons (Fsp3) is 0.222. The summed E-state index contributed by atoms with van der Waals surface area (Å²) in [5.41, 5.74) is 5.55. The Morgan fingerprint density at radius 1 is 1.56 bits per heavy atom. The molecule has 0 bridgehead atoms. The van der Waals surface area contributed by atoms with Crippen molar-refractivity contribution in [2.45, 2.75) is 6.92 Å². The monoisotopic (exact) mass is 262 g/mol. The Morgan fingerprint density at radius 2 is 2.19 bits per heavy atom. The van der Waals surface area contributed by atoms with E-state index in [0.29, 0.717) is 5.56 Å². The van der Waals surface area contributed by atoms with Crippen LogP contribution in [0.1, 0.15) is 5.56 Å². The summed E-state index contributed by atoms with van der Waals surface area (Å²) in [6.45, 7) is 1.60. The highest BCUT2D eigenvalue weighted by Gasteiger charge is 2.15. The van der Waals surface area contributed by atoms with Gasteiger partial charge in [0.05, 0.1) is 10.7 Å². The lowest BCUT2D eigenvalue weighted by molar-refractivity contribution is 0.601. The topological polar surface area (TPSA) is 72.2 Å². The molecule has 1 aromatic carbocycles. The Bertz CT molecular complexity index is 494. The predicted octanol–water partition coefficient (Wildman–Crippen LogP) is 1.16. The number of benzene rings is 1. The number of rotatable bonds is 4. The molecule has 3 N–H and O–H groups in total. The molecule has 0 aromatic heterocycles. The van der Waals surface area contributed by atoms with Crippen LogP contribution in [0.4, 0.5) is 10.1 Å². The first kappa shape index (κ1) is 12.9. The zero-order chi connectivity index (χ0) is 12.3. The van der Waals surface area contributed by atoms with Crippen molar-refractivity contribution in [2.75, 3.05) is 10.5 Å². The van der Waals surface area contributed by atoms with Crippen LogP contribution >= 0.6 is 12.2 Å². The van der Waals surface area contributed by atoms with Gasteiger partial charge in [-0.2, -0.15) is 0 Å². The molecule has 0 fully saturated rings. The van der Waals surface area contributed by atoms with Gasteiger partial charge in [0.15, 0.2) is 0 Å². The molecule has 0 aliphatic carbocycles. The van der Waals surface area contributed by atoms with Gasteiger partial charge in [0.25, 0.3) is 0 Å². The minimum Gasteiger partial charge on any atom is -0.392 e. The Hall–Kier alpha value is -1.21. The molecule has 0 aliphatic rings. The summed E-state index contributed by atoms with van der Waals surface area (Å²) >= 11 is 4.49. The van der Waals surface area contributed by atoms with Crippen LogP contribution < -0.4 is 10.5 Å². The van der Waals surface area contributed by atoms with Gasteiger partial charge in [-0.3, -0.25) is 4.72 Å². The second-order valence-corrected chi connectivity index (χ2v) is 5.51. The second kappa shape index (κ2) is 4.75. The van der Waals surface area contributed by atoms with Crippen molar-refractivity contribution in [3.63, 3.8) is 0 Å². The molecular weight excluding hydrogens is 251 g/mol. The Balaban J connectivity index is 3.01. The average molecular weight is 262 g/mol. The first-order chi connectivity index (χ1) is 7.32. The van der Waals surface area contributed by atoms with Crippen molar-refractivity contribution < 1.29 is 12.8 Å². The predicted molar refractivity (Wildman–Crippen MR) is 65.3 cm³/mol. The van der Waals surface area contributed by atoms with Gasteiger partial charge in [-0.05, 0) is 18.6 Å². The maximum atomic E-state index is 13.3. The van der Waals surface area contributed by atoms with E-state index in [1.54, 1.807) is 13.0 Å². The first-order valence-electron chi connectivity index (χ1n) is 4.36. The van der Waals surface area contributed by atoms with Crippen LogP contribution in [0.5, 0.6) is 0 Å². The van der Waals surface area contributed by atoms with E-state index in [1.807, 2.05) is 0 Å². The summed E-state index contributed by atoms with van der Waals surface area (Å²) in [5.74, 6) is -1.14. The molecule has 88 valence electrons. The van der Waals surface area contributed by atoms with E-state index in [-0.39, 0.29) is 10.7 Å². The molecule has 0 saturated heterocycles. The van der Waals surface area contributed by atoms with Crippen molar-refractivity contribution in [3.05, 3.63) is 29.6 Å². The summed E-state index contributed by atoms with van der Waals surface area (Å²) in [6.07, 6.45) is 0. The number of nitrogens with one attached hydrogen (secondary N) is 1. The van der Waals surface area contributed by atoms with Gasteiger partial charge in [0.2, 0.25) is 10.0 Å². The number of para-hydroxylation sites is 1. The van der Waals surface area contributed by atoms with E-state index in [9.17, 15) is 12.8 Å². The molecule has 1 aromatic rings. The van der Waals surface area contributed by atoms with Crippen LogP contribution in [0.15, 0.2) is 18.2 Å². The summed E-state index contributed by atoms with van der Waals surface area (Å²) in [6, 6.07) is 4.27. The highest BCUT2D eigenvalue weighted by molar-refractivity contribution is 7.95. The van der Waals surface area contributed by atoms with E-state index in [0.717, 1.165) is 0 Å². The van der Waals surface area contributed by atoms with Gasteiger partial charge in [0.1, 0.15) is 11.6 Å². The molecule has 0 radical (unpaired) electrons. The fourth-order valence-electron chi connectivity index (χ4n) is 1.14. The first-order valence-corrected chi connectivity index (χ1v) is 6.42. The molecule has 0 unspecified atom stereocenters. The third-order valence-electron chi connectivity index (χ3n) is 1.81. The quantitative estimate of drug-likeness (QED) is 0.799. The molecule has 4 nitrogen and oxygen atoms in total. The normalized spacial score (nSPS) is 11.1.